The van der Waals surface area contributed by atoms with Gasteiger partial charge >= 0.3 is 6.18 Å². The van der Waals surface area contributed by atoms with Crippen molar-refractivity contribution in [2.75, 3.05) is 33.8 Å². The number of aryl methyl sites for hydroxylation is 1. The second kappa shape index (κ2) is 10.2. The van der Waals surface area contributed by atoms with Crippen molar-refractivity contribution in [3.05, 3.63) is 41.9 Å². The highest BCUT2D eigenvalue weighted by Gasteiger charge is 2.53. The van der Waals surface area contributed by atoms with Gasteiger partial charge in [0.15, 0.2) is 5.69 Å². The predicted octanol–water partition coefficient (Wildman–Crippen LogP) is 4.63. The number of imidazole rings is 1. The van der Waals surface area contributed by atoms with E-state index in [-0.39, 0.29) is 46.7 Å². The number of ether oxygens (including phenoxy) is 1. The molecular formula is C28H31F3N6O2. The second-order valence-electron chi connectivity index (χ2n) is 10.7. The topological polar surface area (TPSA) is 87.3 Å². The molecule has 39 heavy (non-hydrogen) atoms. The Hall–Kier alpha value is -3.65. The third kappa shape index (κ3) is 5.17. The molecule has 2 aliphatic rings. The van der Waals surface area contributed by atoms with E-state index in [1.807, 2.05) is 30.0 Å². The van der Waals surface area contributed by atoms with E-state index in [0.29, 0.717) is 30.5 Å². The quantitative estimate of drug-likeness (QED) is 0.435. The third-order valence-electron chi connectivity index (χ3n) is 8.06. The minimum atomic E-state index is -4.63. The molecule has 1 saturated heterocycles. The molecule has 0 atom stereocenters. The van der Waals surface area contributed by atoms with Crippen LogP contribution in [0.25, 0.3) is 22.3 Å². The normalized spacial score (nSPS) is 17.4. The Labute approximate surface area is 225 Å². The van der Waals surface area contributed by atoms with Gasteiger partial charge < -0.3 is 14.2 Å². The Morgan fingerprint density at radius 1 is 1.23 bits per heavy atom. The number of likely N-dealkylation sites (N-methyl/N-ethyl adjacent to an activating group) is 1. The lowest BCUT2D eigenvalue weighted by atomic mass is 9.93. The van der Waals surface area contributed by atoms with Gasteiger partial charge in [0, 0.05) is 25.7 Å². The standard InChI is InChI=1S/C28H31F3N6O2/c1-35(2)27(9-10-27)26(38)37-11-6-18(7-12-37)8-13-39-24-5-4-19(14-20(24)28(29,30)31)21-15-23-25(22(16-32)34-21)33-17-36(23)3/h4-5,14-15,17-18H,6-13H2,1-3H3. The van der Waals surface area contributed by atoms with Gasteiger partial charge in [0.1, 0.15) is 22.9 Å². The van der Waals surface area contributed by atoms with E-state index in [0.717, 1.165) is 31.7 Å². The molecule has 1 aliphatic carbocycles. The number of carbonyl (C=O) groups is 1. The summed E-state index contributed by atoms with van der Waals surface area (Å²) in [5.41, 5.74) is 0.321. The summed E-state index contributed by atoms with van der Waals surface area (Å²) in [6.45, 7) is 1.49. The lowest BCUT2D eigenvalue weighted by molar-refractivity contribution is -0.139. The summed E-state index contributed by atoms with van der Waals surface area (Å²) in [6.07, 6.45) is 0.923. The summed E-state index contributed by atoms with van der Waals surface area (Å²) in [5.74, 6) is 0.245. The number of carbonyl (C=O) groups excluding carboxylic acids is 1. The molecule has 1 amide bonds. The van der Waals surface area contributed by atoms with E-state index >= 15 is 0 Å². The number of piperidine rings is 1. The zero-order valence-electron chi connectivity index (χ0n) is 22.3. The van der Waals surface area contributed by atoms with Gasteiger partial charge in [0.25, 0.3) is 0 Å². The van der Waals surface area contributed by atoms with Gasteiger partial charge in [-0.3, -0.25) is 9.69 Å². The monoisotopic (exact) mass is 540 g/mol. The van der Waals surface area contributed by atoms with E-state index in [2.05, 4.69) is 9.97 Å². The van der Waals surface area contributed by atoms with Crippen molar-refractivity contribution >= 4 is 16.9 Å². The highest BCUT2D eigenvalue weighted by Crippen LogP contribution is 2.43. The smallest absolute Gasteiger partial charge is 0.419 e. The number of hydrogen-bond donors (Lipinski definition) is 0. The van der Waals surface area contributed by atoms with Crippen molar-refractivity contribution in [3.8, 4) is 23.1 Å². The minimum Gasteiger partial charge on any atom is -0.493 e. The first kappa shape index (κ1) is 26.9. The van der Waals surface area contributed by atoms with E-state index in [1.54, 1.807) is 17.7 Å². The lowest BCUT2D eigenvalue weighted by Crippen LogP contribution is -2.50. The number of halogens is 3. The molecule has 3 heterocycles. The number of alkyl halides is 3. The molecule has 0 N–H and O–H groups in total. The number of nitriles is 1. The first-order chi connectivity index (χ1) is 18.5. The van der Waals surface area contributed by atoms with Crippen molar-refractivity contribution in [1.82, 2.24) is 24.3 Å². The molecule has 2 aromatic heterocycles. The molecule has 1 aromatic carbocycles. The van der Waals surface area contributed by atoms with Crippen molar-refractivity contribution in [2.24, 2.45) is 13.0 Å². The Morgan fingerprint density at radius 3 is 2.56 bits per heavy atom. The Kier molecular flexibility index (Phi) is 7.01. The van der Waals surface area contributed by atoms with Crippen LogP contribution in [0.5, 0.6) is 5.75 Å². The van der Waals surface area contributed by atoms with E-state index in [1.165, 1.54) is 18.5 Å². The Balaban J connectivity index is 1.25. The molecule has 8 nitrogen and oxygen atoms in total. The molecule has 5 rings (SSSR count). The van der Waals surface area contributed by atoms with Gasteiger partial charge in [-0.25, -0.2) is 9.97 Å². The Morgan fingerprint density at radius 2 is 1.95 bits per heavy atom. The van der Waals surface area contributed by atoms with Crippen LogP contribution in [0.3, 0.4) is 0 Å². The van der Waals surface area contributed by atoms with Crippen LogP contribution < -0.4 is 4.74 Å². The van der Waals surface area contributed by atoms with Gasteiger partial charge in [-0.2, -0.15) is 18.4 Å². The van der Waals surface area contributed by atoms with Crippen LogP contribution in [0.2, 0.25) is 0 Å². The SMILES string of the molecule is CN(C)C1(C(=O)N2CCC(CCOc3ccc(-c4cc5c(ncn5C)c(C#N)n4)cc3C(F)(F)F)CC2)CC1. The van der Waals surface area contributed by atoms with E-state index < -0.39 is 11.7 Å². The van der Waals surface area contributed by atoms with Gasteiger partial charge in [0.2, 0.25) is 5.91 Å². The van der Waals surface area contributed by atoms with E-state index in [4.69, 9.17) is 4.74 Å². The maximum Gasteiger partial charge on any atom is 0.419 e. The van der Waals surface area contributed by atoms with Gasteiger partial charge in [-0.1, -0.05) is 0 Å². The fraction of sp³-hybridized carbons (Fsp3) is 0.500. The molecule has 0 radical (unpaired) electrons. The molecule has 1 saturated carbocycles. The second-order valence-corrected chi connectivity index (χ2v) is 10.7. The number of hydrogen-bond acceptors (Lipinski definition) is 6. The summed E-state index contributed by atoms with van der Waals surface area (Å²) < 4.78 is 49.4. The number of nitrogens with zero attached hydrogens (tertiary/aromatic N) is 6. The van der Waals surface area contributed by atoms with E-state index in [9.17, 15) is 23.2 Å². The van der Waals surface area contributed by atoms with Crippen LogP contribution in [0.4, 0.5) is 13.2 Å². The minimum absolute atomic E-state index is 0.0544. The van der Waals surface area contributed by atoms with Crippen LogP contribution in [-0.2, 0) is 18.0 Å². The zero-order chi connectivity index (χ0) is 27.9. The zero-order valence-corrected chi connectivity index (χ0v) is 22.3. The van der Waals surface area contributed by atoms with Crippen LogP contribution in [0.15, 0.2) is 30.6 Å². The average Bonchev–Trinajstić information content (AvgIpc) is 3.65. The molecular weight excluding hydrogens is 509 g/mol. The van der Waals surface area contributed by atoms with Crippen LogP contribution in [0.1, 0.15) is 43.4 Å². The molecule has 206 valence electrons. The largest absolute Gasteiger partial charge is 0.493 e. The molecule has 3 aromatic rings. The maximum atomic E-state index is 14.0. The molecule has 0 spiro atoms. The van der Waals surface area contributed by atoms with Crippen molar-refractivity contribution < 1.29 is 22.7 Å². The number of fused-ring (bicyclic) bond motifs is 1. The fourth-order valence-electron chi connectivity index (χ4n) is 5.42. The highest BCUT2D eigenvalue weighted by atomic mass is 19.4. The van der Waals surface area contributed by atoms with Crippen molar-refractivity contribution in [1.29, 1.82) is 5.26 Å². The van der Waals surface area contributed by atoms with Gasteiger partial charge in [0.05, 0.1) is 29.7 Å². The average molecular weight is 541 g/mol. The fourth-order valence-corrected chi connectivity index (χ4v) is 5.42. The van der Waals surface area contributed by atoms with Crippen LogP contribution >= 0.6 is 0 Å². The van der Waals surface area contributed by atoms with Crippen LogP contribution in [-0.4, -0.2) is 69.6 Å². The van der Waals surface area contributed by atoms with Crippen molar-refractivity contribution in [2.45, 2.75) is 43.8 Å². The lowest BCUT2D eigenvalue weighted by Gasteiger charge is -2.36. The third-order valence-corrected chi connectivity index (χ3v) is 8.06. The molecule has 2 fully saturated rings. The van der Waals surface area contributed by atoms with Crippen LogP contribution in [0, 0.1) is 17.2 Å². The molecule has 1 aliphatic heterocycles. The number of benzene rings is 1. The number of rotatable bonds is 7. The molecule has 11 heteroatoms. The number of amides is 1. The van der Waals surface area contributed by atoms with Gasteiger partial charge in [-0.05, 0) is 76.4 Å². The maximum absolute atomic E-state index is 14.0. The van der Waals surface area contributed by atoms with Gasteiger partial charge in [-0.15, -0.1) is 0 Å². The molecule has 0 bridgehead atoms. The first-order valence-corrected chi connectivity index (χ1v) is 13.1. The number of pyridine rings is 1. The first-order valence-electron chi connectivity index (χ1n) is 13.1. The predicted molar refractivity (Wildman–Crippen MR) is 139 cm³/mol. The summed E-state index contributed by atoms with van der Waals surface area (Å²) in [6, 6.07) is 7.46. The van der Waals surface area contributed by atoms with Crippen molar-refractivity contribution in [3.63, 3.8) is 0 Å². The number of likely N-dealkylation sites (tertiary alicyclic amines) is 1. The summed E-state index contributed by atoms with van der Waals surface area (Å²) in [4.78, 5) is 25.3. The highest BCUT2D eigenvalue weighted by molar-refractivity contribution is 5.89. The summed E-state index contributed by atoms with van der Waals surface area (Å²) in [7, 11) is 5.62. The summed E-state index contributed by atoms with van der Waals surface area (Å²) >= 11 is 0. The Bertz CT molecular complexity index is 1430. The summed E-state index contributed by atoms with van der Waals surface area (Å²) in [5, 5.41) is 9.47. The number of aromatic nitrogens is 3. The molecule has 0 unspecified atom stereocenters.